The van der Waals surface area contributed by atoms with Crippen LogP contribution in [-0.2, 0) is 6.54 Å². The normalized spacial score (nSPS) is 10.5. The molecule has 1 aromatic heterocycles. The Morgan fingerprint density at radius 3 is 2.87 bits per heavy atom. The van der Waals surface area contributed by atoms with Crippen molar-refractivity contribution < 1.29 is 4.39 Å². The molecule has 15 heavy (non-hydrogen) atoms. The number of hydrogen-bond donors (Lipinski definition) is 0. The van der Waals surface area contributed by atoms with Gasteiger partial charge in [0.2, 0.25) is 0 Å². The molecule has 76 valence electrons. The fourth-order valence-electron chi connectivity index (χ4n) is 1.61. The van der Waals surface area contributed by atoms with E-state index >= 15 is 0 Å². The standard InChI is InChI=1S/C12H10FNO/c1-2-8-14-11-5-3-4-10(13)9(11)6-7-12(14)15/h2-7H,1,8H2. The zero-order chi connectivity index (χ0) is 10.8. The SMILES string of the molecule is C=CCn1c(=O)ccc2c(F)cccc21. The van der Waals surface area contributed by atoms with Crippen LogP contribution in [-0.4, -0.2) is 4.57 Å². The van der Waals surface area contributed by atoms with Crippen LogP contribution in [0, 0.1) is 5.82 Å². The Kier molecular flexibility index (Phi) is 2.37. The number of nitrogens with zero attached hydrogens (tertiary/aromatic N) is 1. The van der Waals surface area contributed by atoms with Crippen LogP contribution in [0.5, 0.6) is 0 Å². The van der Waals surface area contributed by atoms with E-state index in [9.17, 15) is 9.18 Å². The molecule has 1 heterocycles. The van der Waals surface area contributed by atoms with Crippen molar-refractivity contribution in [1.29, 1.82) is 0 Å². The maximum Gasteiger partial charge on any atom is 0.251 e. The van der Waals surface area contributed by atoms with Crippen LogP contribution < -0.4 is 5.56 Å². The summed E-state index contributed by atoms with van der Waals surface area (Å²) >= 11 is 0. The van der Waals surface area contributed by atoms with Crippen molar-refractivity contribution in [2.45, 2.75) is 6.54 Å². The topological polar surface area (TPSA) is 22.0 Å². The summed E-state index contributed by atoms with van der Waals surface area (Å²) in [4.78, 5) is 11.5. The Labute approximate surface area is 86.3 Å². The van der Waals surface area contributed by atoms with Gasteiger partial charge in [-0.2, -0.15) is 0 Å². The molecule has 0 spiro atoms. The minimum absolute atomic E-state index is 0.145. The molecule has 0 N–H and O–H groups in total. The lowest BCUT2D eigenvalue weighted by atomic mass is 10.2. The first-order chi connectivity index (χ1) is 7.24. The Morgan fingerprint density at radius 2 is 2.13 bits per heavy atom. The summed E-state index contributed by atoms with van der Waals surface area (Å²) in [6.07, 6.45) is 1.62. The molecule has 0 radical (unpaired) electrons. The highest BCUT2D eigenvalue weighted by molar-refractivity contribution is 5.79. The highest BCUT2D eigenvalue weighted by Crippen LogP contribution is 2.15. The third kappa shape index (κ3) is 1.56. The molecule has 2 aromatic rings. The number of rotatable bonds is 2. The average molecular weight is 203 g/mol. The van der Waals surface area contributed by atoms with Crippen molar-refractivity contribution >= 4 is 10.9 Å². The average Bonchev–Trinajstić information content (AvgIpc) is 2.23. The second kappa shape index (κ2) is 3.69. The second-order valence-corrected chi connectivity index (χ2v) is 3.24. The van der Waals surface area contributed by atoms with Crippen LogP contribution >= 0.6 is 0 Å². The molecule has 3 heteroatoms. The Hall–Kier alpha value is -1.90. The first kappa shape index (κ1) is 9.65. The fourth-order valence-corrected chi connectivity index (χ4v) is 1.61. The number of benzene rings is 1. The molecule has 1 aromatic carbocycles. The predicted octanol–water partition coefficient (Wildman–Crippen LogP) is 2.33. The van der Waals surface area contributed by atoms with Gasteiger partial charge in [0.15, 0.2) is 0 Å². The Morgan fingerprint density at radius 1 is 1.33 bits per heavy atom. The lowest BCUT2D eigenvalue weighted by Gasteiger charge is -2.07. The zero-order valence-corrected chi connectivity index (χ0v) is 8.11. The van der Waals surface area contributed by atoms with Crippen molar-refractivity contribution in [1.82, 2.24) is 4.57 Å². The number of hydrogen-bond acceptors (Lipinski definition) is 1. The van der Waals surface area contributed by atoms with E-state index in [-0.39, 0.29) is 11.4 Å². The summed E-state index contributed by atoms with van der Waals surface area (Å²) in [6.45, 7) is 3.96. The molecular weight excluding hydrogens is 193 g/mol. The molecule has 0 aliphatic carbocycles. The summed E-state index contributed by atoms with van der Waals surface area (Å²) < 4.78 is 14.9. The van der Waals surface area contributed by atoms with Gasteiger partial charge in [-0.05, 0) is 18.2 Å². The van der Waals surface area contributed by atoms with Crippen LogP contribution in [0.3, 0.4) is 0 Å². The second-order valence-electron chi connectivity index (χ2n) is 3.24. The number of allylic oxidation sites excluding steroid dienone is 1. The smallest absolute Gasteiger partial charge is 0.251 e. The lowest BCUT2D eigenvalue weighted by Crippen LogP contribution is -2.18. The maximum atomic E-state index is 13.4. The van der Waals surface area contributed by atoms with E-state index in [1.165, 1.54) is 22.8 Å². The minimum Gasteiger partial charge on any atom is -0.304 e. The third-order valence-electron chi connectivity index (χ3n) is 2.29. The van der Waals surface area contributed by atoms with Crippen molar-refractivity contribution in [3.05, 3.63) is 59.2 Å². The Bertz CT molecular complexity index is 571. The fraction of sp³-hybridized carbons (Fsp3) is 0.0833. The van der Waals surface area contributed by atoms with Crippen molar-refractivity contribution in [3.8, 4) is 0 Å². The largest absolute Gasteiger partial charge is 0.304 e. The van der Waals surface area contributed by atoms with Gasteiger partial charge in [-0.15, -0.1) is 6.58 Å². The molecular formula is C12H10FNO. The van der Waals surface area contributed by atoms with Gasteiger partial charge in [0.05, 0.1) is 5.52 Å². The lowest BCUT2D eigenvalue weighted by molar-refractivity contribution is 0.638. The van der Waals surface area contributed by atoms with Gasteiger partial charge in [-0.25, -0.2) is 4.39 Å². The highest BCUT2D eigenvalue weighted by atomic mass is 19.1. The monoisotopic (exact) mass is 203 g/mol. The summed E-state index contributed by atoms with van der Waals surface area (Å²) in [6, 6.07) is 7.58. The molecule has 2 rings (SSSR count). The van der Waals surface area contributed by atoms with E-state index in [4.69, 9.17) is 0 Å². The molecule has 0 fully saturated rings. The molecule has 0 unspecified atom stereocenters. The van der Waals surface area contributed by atoms with E-state index in [1.54, 1.807) is 18.2 Å². The van der Waals surface area contributed by atoms with Gasteiger partial charge in [-0.1, -0.05) is 12.1 Å². The zero-order valence-electron chi connectivity index (χ0n) is 8.11. The van der Waals surface area contributed by atoms with E-state index in [2.05, 4.69) is 6.58 Å². The summed E-state index contributed by atoms with van der Waals surface area (Å²) in [7, 11) is 0. The molecule has 0 aliphatic heterocycles. The van der Waals surface area contributed by atoms with Crippen LogP contribution in [0.2, 0.25) is 0 Å². The maximum absolute atomic E-state index is 13.4. The first-order valence-electron chi connectivity index (χ1n) is 4.63. The van der Waals surface area contributed by atoms with Crippen LogP contribution in [0.15, 0.2) is 47.8 Å². The highest BCUT2D eigenvalue weighted by Gasteiger charge is 2.04. The first-order valence-corrected chi connectivity index (χ1v) is 4.63. The van der Waals surface area contributed by atoms with Gasteiger partial charge < -0.3 is 4.57 Å². The summed E-state index contributed by atoms with van der Waals surface area (Å²) in [5.41, 5.74) is 0.454. The van der Waals surface area contributed by atoms with Crippen LogP contribution in [0.4, 0.5) is 4.39 Å². The van der Waals surface area contributed by atoms with E-state index in [0.717, 1.165) is 0 Å². The van der Waals surface area contributed by atoms with E-state index in [1.807, 2.05) is 0 Å². The van der Waals surface area contributed by atoms with Crippen LogP contribution in [0.1, 0.15) is 0 Å². The van der Waals surface area contributed by atoms with Crippen LogP contribution in [0.25, 0.3) is 10.9 Å². The van der Waals surface area contributed by atoms with Gasteiger partial charge in [0, 0.05) is 18.0 Å². The van der Waals surface area contributed by atoms with Gasteiger partial charge >= 0.3 is 0 Å². The van der Waals surface area contributed by atoms with Gasteiger partial charge in [0.25, 0.3) is 5.56 Å². The summed E-state index contributed by atoms with van der Waals surface area (Å²) in [5.74, 6) is -0.315. The molecule has 0 saturated carbocycles. The minimum atomic E-state index is -0.315. The molecule has 0 bridgehead atoms. The molecule has 0 aliphatic rings. The predicted molar refractivity (Wildman–Crippen MR) is 58.4 cm³/mol. The van der Waals surface area contributed by atoms with Crippen molar-refractivity contribution in [2.24, 2.45) is 0 Å². The van der Waals surface area contributed by atoms with E-state index in [0.29, 0.717) is 17.4 Å². The number of halogens is 1. The van der Waals surface area contributed by atoms with Gasteiger partial charge in [0.1, 0.15) is 5.82 Å². The quantitative estimate of drug-likeness (QED) is 0.686. The number of aromatic nitrogens is 1. The third-order valence-corrected chi connectivity index (χ3v) is 2.29. The molecule has 2 nitrogen and oxygen atoms in total. The summed E-state index contributed by atoms with van der Waals surface area (Å²) in [5, 5.41) is 0.457. The molecule has 0 amide bonds. The van der Waals surface area contributed by atoms with Crippen molar-refractivity contribution in [3.63, 3.8) is 0 Å². The molecule has 0 saturated heterocycles. The Balaban J connectivity index is 2.87. The molecule has 0 atom stereocenters. The van der Waals surface area contributed by atoms with Gasteiger partial charge in [-0.3, -0.25) is 4.79 Å². The van der Waals surface area contributed by atoms with Crippen molar-refractivity contribution in [2.75, 3.05) is 0 Å². The van der Waals surface area contributed by atoms with E-state index < -0.39 is 0 Å². The number of fused-ring (bicyclic) bond motifs is 1. The number of pyridine rings is 1.